The van der Waals surface area contributed by atoms with Crippen LogP contribution in [0.15, 0.2) is 24.0 Å². The lowest BCUT2D eigenvalue weighted by Gasteiger charge is -2.05. The Hall–Kier alpha value is -1.95. The molecule has 0 aliphatic rings. The van der Waals surface area contributed by atoms with Crippen LogP contribution in [0.5, 0.6) is 0 Å². The van der Waals surface area contributed by atoms with Gasteiger partial charge in [0.05, 0.1) is 18.1 Å². The van der Waals surface area contributed by atoms with Crippen LogP contribution in [-0.2, 0) is 13.6 Å². The van der Waals surface area contributed by atoms with Gasteiger partial charge in [-0.25, -0.2) is 9.97 Å². The summed E-state index contributed by atoms with van der Waals surface area (Å²) in [7, 11) is 1.88. The molecule has 0 aliphatic heterocycles. The molecule has 0 spiro atoms. The number of hydrogen-bond acceptors (Lipinski definition) is 5. The van der Waals surface area contributed by atoms with Gasteiger partial charge in [0.25, 0.3) is 0 Å². The third-order valence-electron chi connectivity index (χ3n) is 2.91. The van der Waals surface area contributed by atoms with Crippen LogP contribution in [0, 0.1) is 6.92 Å². The lowest BCUT2D eigenvalue weighted by atomic mass is 10.3. The predicted octanol–water partition coefficient (Wildman–Crippen LogP) is 2.35. The van der Waals surface area contributed by atoms with E-state index in [1.54, 1.807) is 28.5 Å². The highest BCUT2D eigenvalue weighted by Gasteiger charge is 2.08. The Bertz CT molecular complexity index is 685. The Morgan fingerprint density at radius 3 is 3.06 bits per heavy atom. The Morgan fingerprint density at radius 1 is 1.39 bits per heavy atom. The van der Waals surface area contributed by atoms with Crippen LogP contribution < -0.4 is 5.32 Å². The van der Waals surface area contributed by atoms with E-state index < -0.39 is 0 Å². The van der Waals surface area contributed by atoms with Crippen molar-refractivity contribution in [2.24, 2.45) is 7.05 Å². The second-order valence-electron chi connectivity index (χ2n) is 4.11. The minimum absolute atomic E-state index is 0.782. The Balaban J connectivity index is 1.89. The number of anilines is 1. The van der Waals surface area contributed by atoms with Crippen molar-refractivity contribution in [2.75, 3.05) is 5.32 Å². The van der Waals surface area contributed by atoms with Crippen molar-refractivity contribution < 1.29 is 0 Å². The van der Waals surface area contributed by atoms with Gasteiger partial charge >= 0.3 is 0 Å². The zero-order chi connectivity index (χ0) is 12.5. The average Bonchev–Trinajstić information content (AvgIpc) is 2.95. The highest BCUT2D eigenvalue weighted by atomic mass is 32.1. The van der Waals surface area contributed by atoms with Crippen molar-refractivity contribution in [3.8, 4) is 0 Å². The van der Waals surface area contributed by atoms with Crippen LogP contribution in [0.2, 0.25) is 0 Å². The summed E-state index contributed by atoms with van der Waals surface area (Å²) in [5, 5.41) is 10.6. The molecule has 0 saturated heterocycles. The van der Waals surface area contributed by atoms with Gasteiger partial charge in [0.2, 0.25) is 0 Å². The van der Waals surface area contributed by atoms with Gasteiger partial charge in [0, 0.05) is 11.9 Å². The van der Waals surface area contributed by atoms with Gasteiger partial charge < -0.3 is 5.32 Å². The SMILES string of the molecule is Cc1ccsc1CNc1ncnc2c1cnn2C. The fourth-order valence-electron chi connectivity index (χ4n) is 1.85. The lowest BCUT2D eigenvalue weighted by Crippen LogP contribution is -2.02. The standard InChI is InChI=1S/C12H13N5S/c1-8-3-4-18-10(8)6-13-11-9-5-16-17(2)12(9)15-7-14-11/h3-5,7H,6H2,1-2H3,(H,13,14,15). The smallest absolute Gasteiger partial charge is 0.163 e. The fraction of sp³-hybridized carbons (Fsp3) is 0.250. The van der Waals surface area contributed by atoms with Crippen molar-refractivity contribution >= 4 is 28.2 Å². The van der Waals surface area contributed by atoms with E-state index >= 15 is 0 Å². The van der Waals surface area contributed by atoms with Crippen molar-refractivity contribution in [1.29, 1.82) is 0 Å². The minimum Gasteiger partial charge on any atom is -0.364 e. The van der Waals surface area contributed by atoms with Gasteiger partial charge in [0.1, 0.15) is 12.1 Å². The highest BCUT2D eigenvalue weighted by molar-refractivity contribution is 7.10. The molecule has 0 aromatic carbocycles. The number of hydrogen-bond donors (Lipinski definition) is 1. The van der Waals surface area contributed by atoms with Gasteiger partial charge in [-0.05, 0) is 23.9 Å². The summed E-state index contributed by atoms with van der Waals surface area (Å²) in [6.07, 6.45) is 3.35. The predicted molar refractivity (Wildman–Crippen MR) is 72.7 cm³/mol. The molecule has 0 bridgehead atoms. The molecular formula is C12H13N5S. The molecule has 0 radical (unpaired) electrons. The molecule has 3 aromatic heterocycles. The highest BCUT2D eigenvalue weighted by Crippen LogP contribution is 2.21. The van der Waals surface area contributed by atoms with Gasteiger partial charge in [0.15, 0.2) is 5.65 Å². The summed E-state index contributed by atoms with van der Waals surface area (Å²) in [5.41, 5.74) is 2.15. The van der Waals surface area contributed by atoms with E-state index in [9.17, 15) is 0 Å². The number of nitrogens with one attached hydrogen (secondary N) is 1. The molecule has 1 N–H and O–H groups in total. The largest absolute Gasteiger partial charge is 0.364 e. The summed E-state index contributed by atoms with van der Waals surface area (Å²) >= 11 is 1.75. The minimum atomic E-state index is 0.782. The van der Waals surface area contributed by atoms with E-state index in [2.05, 4.69) is 38.8 Å². The van der Waals surface area contributed by atoms with Crippen molar-refractivity contribution in [2.45, 2.75) is 13.5 Å². The molecule has 0 saturated carbocycles. The van der Waals surface area contributed by atoms with E-state index in [4.69, 9.17) is 0 Å². The van der Waals surface area contributed by atoms with Crippen molar-refractivity contribution in [3.05, 3.63) is 34.4 Å². The molecule has 0 atom stereocenters. The molecule has 6 heteroatoms. The Kier molecular flexibility index (Phi) is 2.71. The zero-order valence-electron chi connectivity index (χ0n) is 10.2. The maximum Gasteiger partial charge on any atom is 0.163 e. The van der Waals surface area contributed by atoms with Crippen LogP contribution in [0.1, 0.15) is 10.4 Å². The van der Waals surface area contributed by atoms with Gasteiger partial charge in [-0.15, -0.1) is 11.3 Å². The van der Waals surface area contributed by atoms with Crippen molar-refractivity contribution in [3.63, 3.8) is 0 Å². The first kappa shape index (κ1) is 11.2. The topological polar surface area (TPSA) is 55.6 Å². The molecule has 18 heavy (non-hydrogen) atoms. The van der Waals surface area contributed by atoms with E-state index in [1.807, 2.05) is 7.05 Å². The number of nitrogens with zero attached hydrogens (tertiary/aromatic N) is 4. The van der Waals surface area contributed by atoms with E-state index in [0.717, 1.165) is 23.4 Å². The lowest BCUT2D eigenvalue weighted by molar-refractivity contribution is 0.785. The Morgan fingerprint density at radius 2 is 2.28 bits per heavy atom. The summed E-state index contributed by atoms with van der Waals surface area (Å²) in [5.74, 6) is 0.834. The number of thiophene rings is 1. The summed E-state index contributed by atoms with van der Waals surface area (Å²) in [4.78, 5) is 9.82. The van der Waals surface area contributed by atoms with Crippen LogP contribution in [-0.4, -0.2) is 19.7 Å². The maximum atomic E-state index is 4.28. The molecule has 0 aliphatic carbocycles. The Labute approximate surface area is 109 Å². The molecule has 0 fully saturated rings. The molecule has 5 nitrogen and oxygen atoms in total. The third-order valence-corrected chi connectivity index (χ3v) is 3.94. The van der Waals surface area contributed by atoms with E-state index in [-0.39, 0.29) is 0 Å². The molecule has 3 aromatic rings. The summed E-state index contributed by atoms with van der Waals surface area (Å²) < 4.78 is 1.75. The number of aryl methyl sites for hydroxylation is 2. The van der Waals surface area contributed by atoms with E-state index in [0.29, 0.717) is 0 Å². The third kappa shape index (κ3) is 1.84. The quantitative estimate of drug-likeness (QED) is 0.784. The zero-order valence-corrected chi connectivity index (χ0v) is 11.0. The number of rotatable bonds is 3. The van der Waals surface area contributed by atoms with Gasteiger partial charge in [-0.3, -0.25) is 4.68 Å². The first-order valence-electron chi connectivity index (χ1n) is 5.65. The van der Waals surface area contributed by atoms with Crippen molar-refractivity contribution in [1.82, 2.24) is 19.7 Å². The number of fused-ring (bicyclic) bond motifs is 1. The molecular weight excluding hydrogens is 246 g/mol. The fourth-order valence-corrected chi connectivity index (χ4v) is 2.70. The molecule has 3 heterocycles. The second-order valence-corrected chi connectivity index (χ2v) is 5.11. The summed E-state index contributed by atoms with van der Waals surface area (Å²) in [6, 6.07) is 2.13. The molecule has 92 valence electrons. The van der Waals surface area contributed by atoms with Crippen LogP contribution in [0.4, 0.5) is 5.82 Å². The molecule has 0 unspecified atom stereocenters. The van der Waals surface area contributed by atoms with Crippen LogP contribution in [0.25, 0.3) is 11.0 Å². The first-order chi connectivity index (χ1) is 8.75. The second kappa shape index (κ2) is 4.38. The van der Waals surface area contributed by atoms with Gasteiger partial charge in [-0.1, -0.05) is 0 Å². The summed E-state index contributed by atoms with van der Waals surface area (Å²) in [6.45, 7) is 2.90. The maximum absolute atomic E-state index is 4.28. The molecule has 0 amide bonds. The molecule has 3 rings (SSSR count). The first-order valence-corrected chi connectivity index (χ1v) is 6.53. The van der Waals surface area contributed by atoms with Crippen LogP contribution in [0.3, 0.4) is 0 Å². The van der Waals surface area contributed by atoms with Gasteiger partial charge in [-0.2, -0.15) is 5.10 Å². The van der Waals surface area contributed by atoms with E-state index in [1.165, 1.54) is 10.4 Å². The van der Waals surface area contributed by atoms with Crippen LogP contribution >= 0.6 is 11.3 Å². The monoisotopic (exact) mass is 259 g/mol. The average molecular weight is 259 g/mol. The normalized spacial score (nSPS) is 11.0. The number of aromatic nitrogens is 4.